The quantitative estimate of drug-likeness (QED) is 0.575. The highest BCUT2D eigenvalue weighted by atomic mass is 79.9. The molecule has 0 saturated heterocycles. The Bertz CT molecular complexity index is 570. The molecular weight excluding hydrogens is 378 g/mol. The van der Waals surface area contributed by atoms with E-state index in [-0.39, 0.29) is 5.38 Å². The molecule has 0 amide bonds. The molecule has 6 heteroatoms. The Morgan fingerprint density at radius 2 is 2.00 bits per heavy atom. The molecule has 0 bridgehead atoms. The van der Waals surface area contributed by atoms with E-state index in [1.807, 2.05) is 12.1 Å². The Morgan fingerprint density at radius 3 is 2.56 bits per heavy atom. The largest absolute Gasteiger partial charge is 0.495 e. The minimum absolute atomic E-state index is 0.340. The molecule has 96 valence electrons. The molecule has 0 saturated carbocycles. The first kappa shape index (κ1) is 14.5. The third kappa shape index (κ3) is 2.97. The summed E-state index contributed by atoms with van der Waals surface area (Å²) >= 11 is 23.3. The van der Waals surface area contributed by atoms with Gasteiger partial charge in [-0.2, -0.15) is 0 Å². The number of thiophene rings is 1. The monoisotopic (exact) mass is 384 g/mol. The van der Waals surface area contributed by atoms with Crippen LogP contribution in [0.3, 0.4) is 0 Å². The van der Waals surface area contributed by atoms with Crippen LogP contribution in [0.4, 0.5) is 0 Å². The first-order valence-corrected chi connectivity index (χ1v) is 7.75. The SMILES string of the molecule is COc1c(Br)cc(Cl)cc1C(Cl)c1ccc(Cl)s1. The molecule has 0 N–H and O–H groups in total. The van der Waals surface area contributed by atoms with E-state index < -0.39 is 0 Å². The zero-order chi connectivity index (χ0) is 13.3. The van der Waals surface area contributed by atoms with Crippen LogP contribution in [0.2, 0.25) is 9.36 Å². The van der Waals surface area contributed by atoms with E-state index in [0.717, 1.165) is 14.9 Å². The molecule has 1 nitrogen and oxygen atoms in total. The standard InChI is InChI=1S/C12H8BrCl3OS/c1-17-12-7(4-6(14)5-8(12)13)11(16)9-2-3-10(15)18-9/h2-5,11H,1H3. The van der Waals surface area contributed by atoms with Gasteiger partial charge < -0.3 is 4.74 Å². The van der Waals surface area contributed by atoms with Gasteiger partial charge in [-0.15, -0.1) is 22.9 Å². The van der Waals surface area contributed by atoms with Crippen molar-refractivity contribution in [1.82, 2.24) is 0 Å². The summed E-state index contributed by atoms with van der Waals surface area (Å²) in [5.74, 6) is 0.684. The minimum atomic E-state index is -0.340. The highest BCUT2D eigenvalue weighted by Crippen LogP contribution is 2.43. The number of methoxy groups -OCH3 is 1. The summed E-state index contributed by atoms with van der Waals surface area (Å²) in [6.07, 6.45) is 0. The van der Waals surface area contributed by atoms with Crippen molar-refractivity contribution in [1.29, 1.82) is 0 Å². The van der Waals surface area contributed by atoms with Crippen molar-refractivity contribution in [3.05, 3.63) is 48.5 Å². The van der Waals surface area contributed by atoms with Gasteiger partial charge in [-0.05, 0) is 40.2 Å². The third-order valence-corrected chi connectivity index (χ3v) is 5.06. The van der Waals surface area contributed by atoms with E-state index in [0.29, 0.717) is 15.1 Å². The van der Waals surface area contributed by atoms with Crippen molar-refractivity contribution >= 4 is 62.1 Å². The number of hydrogen-bond donors (Lipinski definition) is 0. The van der Waals surface area contributed by atoms with Crippen LogP contribution < -0.4 is 4.74 Å². The lowest BCUT2D eigenvalue weighted by molar-refractivity contribution is 0.407. The second-order valence-corrected chi connectivity index (χ2v) is 6.99. The van der Waals surface area contributed by atoms with E-state index in [1.54, 1.807) is 19.2 Å². The topological polar surface area (TPSA) is 9.23 Å². The summed E-state index contributed by atoms with van der Waals surface area (Å²) in [5.41, 5.74) is 0.817. The van der Waals surface area contributed by atoms with Gasteiger partial charge in [0.15, 0.2) is 0 Å². The van der Waals surface area contributed by atoms with Gasteiger partial charge in [-0.1, -0.05) is 23.2 Å². The molecule has 0 spiro atoms. The molecule has 0 fully saturated rings. The molecule has 1 atom stereocenters. The predicted molar refractivity (Wildman–Crippen MR) is 82.7 cm³/mol. The van der Waals surface area contributed by atoms with E-state index in [4.69, 9.17) is 39.5 Å². The molecule has 1 heterocycles. The Morgan fingerprint density at radius 1 is 1.28 bits per heavy atom. The smallest absolute Gasteiger partial charge is 0.138 e. The number of rotatable bonds is 3. The van der Waals surface area contributed by atoms with Crippen molar-refractivity contribution in [2.45, 2.75) is 5.38 Å². The normalized spacial score (nSPS) is 12.5. The number of hydrogen-bond acceptors (Lipinski definition) is 2. The fourth-order valence-electron chi connectivity index (χ4n) is 1.60. The minimum Gasteiger partial charge on any atom is -0.495 e. The van der Waals surface area contributed by atoms with Crippen LogP contribution in [0.5, 0.6) is 5.75 Å². The number of halogens is 4. The fourth-order valence-corrected chi connectivity index (χ4v) is 4.02. The average molecular weight is 387 g/mol. The van der Waals surface area contributed by atoms with Crippen molar-refractivity contribution in [3.8, 4) is 5.75 Å². The Balaban J connectivity index is 2.49. The maximum Gasteiger partial charge on any atom is 0.138 e. The molecule has 0 aliphatic rings. The first-order valence-electron chi connectivity index (χ1n) is 4.95. The average Bonchev–Trinajstić information content (AvgIpc) is 2.74. The first-order chi connectivity index (χ1) is 8.52. The van der Waals surface area contributed by atoms with Crippen molar-refractivity contribution in [3.63, 3.8) is 0 Å². The van der Waals surface area contributed by atoms with Crippen LogP contribution >= 0.6 is 62.1 Å². The van der Waals surface area contributed by atoms with E-state index >= 15 is 0 Å². The van der Waals surface area contributed by atoms with Crippen LogP contribution in [0.25, 0.3) is 0 Å². The molecule has 18 heavy (non-hydrogen) atoms. The second kappa shape index (κ2) is 6.02. The van der Waals surface area contributed by atoms with Crippen LogP contribution in [-0.4, -0.2) is 7.11 Å². The highest BCUT2D eigenvalue weighted by Gasteiger charge is 2.20. The van der Waals surface area contributed by atoms with E-state index in [9.17, 15) is 0 Å². The van der Waals surface area contributed by atoms with Crippen LogP contribution in [0, 0.1) is 0 Å². The lowest BCUT2D eigenvalue weighted by atomic mass is 10.1. The summed E-state index contributed by atoms with van der Waals surface area (Å²) in [7, 11) is 1.60. The van der Waals surface area contributed by atoms with Gasteiger partial charge in [-0.3, -0.25) is 0 Å². The summed E-state index contributed by atoms with van der Waals surface area (Å²) < 4.78 is 6.85. The molecule has 0 aliphatic heterocycles. The van der Waals surface area contributed by atoms with Crippen LogP contribution in [-0.2, 0) is 0 Å². The lowest BCUT2D eigenvalue weighted by Crippen LogP contribution is -1.97. The number of benzene rings is 1. The Kier molecular flexibility index (Phi) is 4.84. The second-order valence-electron chi connectivity index (χ2n) is 3.51. The van der Waals surface area contributed by atoms with Crippen molar-refractivity contribution in [2.75, 3.05) is 7.11 Å². The highest BCUT2D eigenvalue weighted by molar-refractivity contribution is 9.10. The Labute approximate surface area is 133 Å². The van der Waals surface area contributed by atoms with Gasteiger partial charge in [0.05, 0.1) is 21.3 Å². The number of ether oxygens (including phenoxy) is 1. The van der Waals surface area contributed by atoms with Crippen LogP contribution in [0.15, 0.2) is 28.7 Å². The van der Waals surface area contributed by atoms with Crippen molar-refractivity contribution < 1.29 is 4.74 Å². The molecular formula is C12H8BrCl3OS. The third-order valence-electron chi connectivity index (χ3n) is 2.36. The van der Waals surface area contributed by atoms with Gasteiger partial charge in [0.1, 0.15) is 5.75 Å². The van der Waals surface area contributed by atoms with Gasteiger partial charge >= 0.3 is 0 Å². The maximum absolute atomic E-state index is 6.47. The number of alkyl halides is 1. The predicted octanol–water partition coefficient (Wildman–Crippen LogP) is 6.15. The summed E-state index contributed by atoms with van der Waals surface area (Å²) in [4.78, 5) is 0.953. The lowest BCUT2D eigenvalue weighted by Gasteiger charge is -2.14. The fraction of sp³-hybridized carbons (Fsp3) is 0.167. The van der Waals surface area contributed by atoms with E-state index in [1.165, 1.54) is 11.3 Å². The molecule has 0 aliphatic carbocycles. The molecule has 2 rings (SSSR count). The zero-order valence-electron chi connectivity index (χ0n) is 9.22. The maximum atomic E-state index is 6.47. The van der Waals surface area contributed by atoms with Gasteiger partial charge in [-0.25, -0.2) is 0 Å². The molecule has 1 unspecified atom stereocenters. The van der Waals surface area contributed by atoms with Crippen LogP contribution in [0.1, 0.15) is 15.8 Å². The summed E-state index contributed by atoms with van der Waals surface area (Å²) in [6.45, 7) is 0. The summed E-state index contributed by atoms with van der Waals surface area (Å²) in [6, 6.07) is 7.30. The van der Waals surface area contributed by atoms with Gasteiger partial charge in [0.2, 0.25) is 0 Å². The molecule has 2 aromatic rings. The van der Waals surface area contributed by atoms with Gasteiger partial charge in [0, 0.05) is 15.5 Å². The molecule has 0 radical (unpaired) electrons. The molecule has 1 aromatic carbocycles. The van der Waals surface area contributed by atoms with Gasteiger partial charge in [0.25, 0.3) is 0 Å². The zero-order valence-corrected chi connectivity index (χ0v) is 13.9. The summed E-state index contributed by atoms with van der Waals surface area (Å²) in [5, 5.41) is 0.262. The molecule has 1 aromatic heterocycles. The van der Waals surface area contributed by atoms with Crippen molar-refractivity contribution in [2.24, 2.45) is 0 Å². The van der Waals surface area contributed by atoms with E-state index in [2.05, 4.69) is 15.9 Å². The Hall–Kier alpha value is 0.0700.